The molecule has 0 radical (unpaired) electrons. The molecule has 5 heterocycles. The number of hydrogen-bond donors (Lipinski definition) is 1. The molecule has 5 aromatic rings. The van der Waals surface area contributed by atoms with Crippen LogP contribution < -0.4 is 0 Å². The Labute approximate surface area is 154 Å². The summed E-state index contributed by atoms with van der Waals surface area (Å²) in [4.78, 5) is 13.7. The van der Waals surface area contributed by atoms with Crippen molar-refractivity contribution in [1.82, 2.24) is 39.3 Å². The Balaban J connectivity index is 1.59. The number of hydrogen-bond acceptors (Lipinski definition) is 5. The molecule has 0 saturated heterocycles. The minimum Gasteiger partial charge on any atom is -0.286 e. The average Bonchev–Trinajstić information content (AvgIpc) is 3.41. The Hall–Kier alpha value is -3.81. The van der Waals surface area contributed by atoms with Gasteiger partial charge in [-0.2, -0.15) is 10.1 Å². The number of nitrogens with one attached hydrogen (secondary N) is 1. The molecule has 0 aliphatic carbocycles. The van der Waals surface area contributed by atoms with Gasteiger partial charge in [-0.25, -0.2) is 9.50 Å². The molecule has 27 heavy (non-hydrogen) atoms. The molecule has 0 fully saturated rings. The number of fused-ring (bicyclic) bond motifs is 1. The topological polar surface area (TPSA) is 89.6 Å². The molecular formula is C19H16N8. The van der Waals surface area contributed by atoms with Crippen LogP contribution in [-0.2, 0) is 0 Å². The highest BCUT2D eigenvalue weighted by atomic mass is 15.4. The number of rotatable bonds is 3. The summed E-state index contributed by atoms with van der Waals surface area (Å²) >= 11 is 0. The highest BCUT2D eigenvalue weighted by Crippen LogP contribution is 2.22. The standard InChI is InChI=1S/C19H16N8/c1-12-3-4-13(2)27(12)19-24-18-7-14(5-6-26(18)25-19)16-10-20-11-17(23-16)15-8-21-22-9-15/h3-11H,1-2H3,(H,21,22). The SMILES string of the molecule is Cc1ccc(C)n1-c1nc2cc(-c3cncc(-c4cn[nH]c4)n3)ccn2n1. The van der Waals surface area contributed by atoms with E-state index in [1.807, 2.05) is 36.7 Å². The van der Waals surface area contributed by atoms with Gasteiger partial charge in [0, 0.05) is 34.9 Å². The number of aromatic nitrogens is 8. The first kappa shape index (κ1) is 15.4. The van der Waals surface area contributed by atoms with Crippen molar-refractivity contribution in [3.63, 3.8) is 0 Å². The van der Waals surface area contributed by atoms with Gasteiger partial charge in [0.2, 0.25) is 0 Å². The van der Waals surface area contributed by atoms with E-state index in [4.69, 9.17) is 4.98 Å². The molecule has 0 bridgehead atoms. The predicted octanol–water partition coefficient (Wildman–Crippen LogP) is 2.98. The second-order valence-electron chi connectivity index (χ2n) is 6.36. The van der Waals surface area contributed by atoms with E-state index < -0.39 is 0 Å². The lowest BCUT2D eigenvalue weighted by atomic mass is 10.2. The monoisotopic (exact) mass is 356 g/mol. The van der Waals surface area contributed by atoms with Gasteiger partial charge >= 0.3 is 0 Å². The van der Waals surface area contributed by atoms with Crippen molar-refractivity contribution in [2.45, 2.75) is 13.8 Å². The Morgan fingerprint density at radius 1 is 0.889 bits per heavy atom. The van der Waals surface area contributed by atoms with Gasteiger partial charge in [-0.15, -0.1) is 5.10 Å². The normalized spacial score (nSPS) is 11.3. The Bertz CT molecular complexity index is 1230. The first-order chi connectivity index (χ1) is 13.2. The molecule has 0 amide bonds. The van der Waals surface area contributed by atoms with Gasteiger partial charge in [0.15, 0.2) is 5.65 Å². The van der Waals surface area contributed by atoms with Crippen LogP contribution in [-0.4, -0.2) is 39.3 Å². The van der Waals surface area contributed by atoms with E-state index in [1.54, 1.807) is 29.3 Å². The molecule has 0 spiro atoms. The van der Waals surface area contributed by atoms with Crippen molar-refractivity contribution in [1.29, 1.82) is 0 Å². The fraction of sp³-hybridized carbons (Fsp3) is 0.105. The van der Waals surface area contributed by atoms with Crippen LogP contribution >= 0.6 is 0 Å². The smallest absolute Gasteiger partial charge is 0.254 e. The van der Waals surface area contributed by atoms with Crippen molar-refractivity contribution >= 4 is 5.65 Å². The lowest BCUT2D eigenvalue weighted by molar-refractivity contribution is 0.851. The number of nitrogens with zero attached hydrogens (tertiary/aromatic N) is 7. The quantitative estimate of drug-likeness (QED) is 0.537. The summed E-state index contributed by atoms with van der Waals surface area (Å²) in [5.41, 5.74) is 6.32. The third-order valence-electron chi connectivity index (χ3n) is 4.52. The summed E-state index contributed by atoms with van der Waals surface area (Å²) < 4.78 is 3.80. The van der Waals surface area contributed by atoms with E-state index in [0.717, 1.165) is 39.5 Å². The molecule has 1 N–H and O–H groups in total. The molecule has 8 nitrogen and oxygen atoms in total. The van der Waals surface area contributed by atoms with Gasteiger partial charge in [-0.1, -0.05) is 0 Å². The summed E-state index contributed by atoms with van der Waals surface area (Å²) in [5, 5.41) is 11.4. The maximum atomic E-state index is 4.69. The van der Waals surface area contributed by atoms with Gasteiger partial charge in [-0.3, -0.25) is 14.6 Å². The molecule has 0 saturated carbocycles. The van der Waals surface area contributed by atoms with Crippen molar-refractivity contribution in [2.24, 2.45) is 0 Å². The third kappa shape index (κ3) is 2.58. The average molecular weight is 356 g/mol. The Morgan fingerprint density at radius 2 is 1.67 bits per heavy atom. The van der Waals surface area contributed by atoms with E-state index >= 15 is 0 Å². The summed E-state index contributed by atoms with van der Waals surface area (Å²) in [6.07, 6.45) is 8.88. The number of H-pyrrole nitrogens is 1. The molecule has 8 heteroatoms. The zero-order valence-corrected chi connectivity index (χ0v) is 14.8. The maximum absolute atomic E-state index is 4.69. The van der Waals surface area contributed by atoms with E-state index in [0.29, 0.717) is 5.95 Å². The van der Waals surface area contributed by atoms with Crippen LogP contribution in [0.4, 0.5) is 0 Å². The van der Waals surface area contributed by atoms with Crippen LogP contribution in [0.3, 0.4) is 0 Å². The molecule has 5 aromatic heterocycles. The highest BCUT2D eigenvalue weighted by molar-refractivity contribution is 5.66. The zero-order chi connectivity index (χ0) is 18.4. The minimum atomic E-state index is 0.658. The van der Waals surface area contributed by atoms with Crippen LogP contribution in [0.2, 0.25) is 0 Å². The van der Waals surface area contributed by atoms with Crippen LogP contribution in [0.5, 0.6) is 0 Å². The molecule has 0 aliphatic heterocycles. The molecule has 0 atom stereocenters. The molecule has 0 aliphatic rings. The number of aromatic amines is 1. The first-order valence-electron chi connectivity index (χ1n) is 8.52. The molecule has 5 rings (SSSR count). The van der Waals surface area contributed by atoms with E-state index in [-0.39, 0.29) is 0 Å². The number of aryl methyl sites for hydroxylation is 2. The minimum absolute atomic E-state index is 0.658. The highest BCUT2D eigenvalue weighted by Gasteiger charge is 2.12. The fourth-order valence-electron chi connectivity index (χ4n) is 3.14. The van der Waals surface area contributed by atoms with Crippen LogP contribution in [0.25, 0.3) is 34.1 Å². The number of pyridine rings is 1. The van der Waals surface area contributed by atoms with Gasteiger partial charge in [0.05, 0.1) is 30.0 Å². The Kier molecular flexibility index (Phi) is 3.36. The third-order valence-corrected chi connectivity index (χ3v) is 4.52. The summed E-state index contributed by atoms with van der Waals surface area (Å²) in [7, 11) is 0. The molecule has 0 aromatic carbocycles. The molecule has 132 valence electrons. The Morgan fingerprint density at radius 3 is 2.41 bits per heavy atom. The lowest BCUT2D eigenvalue weighted by Gasteiger charge is -2.02. The second kappa shape index (κ2) is 5.87. The van der Waals surface area contributed by atoms with Crippen molar-refractivity contribution in [3.05, 3.63) is 66.6 Å². The van der Waals surface area contributed by atoms with E-state index in [2.05, 4.69) is 37.4 Å². The van der Waals surface area contributed by atoms with Gasteiger partial charge in [0.1, 0.15) is 0 Å². The van der Waals surface area contributed by atoms with Crippen molar-refractivity contribution in [2.75, 3.05) is 0 Å². The first-order valence-corrected chi connectivity index (χ1v) is 8.52. The summed E-state index contributed by atoms with van der Waals surface area (Å²) in [6, 6.07) is 8.05. The van der Waals surface area contributed by atoms with Crippen molar-refractivity contribution in [3.8, 4) is 28.5 Å². The molecular weight excluding hydrogens is 340 g/mol. The van der Waals surface area contributed by atoms with E-state index in [9.17, 15) is 0 Å². The lowest BCUT2D eigenvalue weighted by Crippen LogP contribution is -2.01. The maximum Gasteiger partial charge on any atom is 0.254 e. The molecule has 0 unspecified atom stereocenters. The van der Waals surface area contributed by atoms with Crippen LogP contribution in [0, 0.1) is 13.8 Å². The summed E-state index contributed by atoms with van der Waals surface area (Å²) in [5.74, 6) is 0.658. The second-order valence-corrected chi connectivity index (χ2v) is 6.36. The van der Waals surface area contributed by atoms with E-state index in [1.165, 1.54) is 0 Å². The van der Waals surface area contributed by atoms with Crippen LogP contribution in [0.15, 0.2) is 55.2 Å². The van der Waals surface area contributed by atoms with Gasteiger partial charge < -0.3 is 0 Å². The predicted molar refractivity (Wildman–Crippen MR) is 100 cm³/mol. The van der Waals surface area contributed by atoms with Crippen LogP contribution in [0.1, 0.15) is 11.4 Å². The van der Waals surface area contributed by atoms with Crippen molar-refractivity contribution < 1.29 is 0 Å². The summed E-state index contributed by atoms with van der Waals surface area (Å²) in [6.45, 7) is 4.09. The fourth-order valence-corrected chi connectivity index (χ4v) is 3.14. The largest absolute Gasteiger partial charge is 0.286 e. The van der Waals surface area contributed by atoms with Gasteiger partial charge in [-0.05, 0) is 38.1 Å². The van der Waals surface area contributed by atoms with Gasteiger partial charge in [0.25, 0.3) is 5.95 Å². The zero-order valence-electron chi connectivity index (χ0n) is 14.8.